The van der Waals surface area contributed by atoms with E-state index in [2.05, 4.69) is 14.7 Å². The standard InChI is InChI=1S/C12H14FN5O2S/c1-2-10-16-6-11(17-10)21(19,20)18-9-4-3-7(13)5-8(9)12(14)15/h3-6,18H,2H2,1H3,(H3,14,15)(H,16,17). The number of sulfonamides is 1. The maximum atomic E-state index is 13.2. The number of nitrogen functional groups attached to an aromatic ring is 1. The number of halogens is 1. The molecule has 0 atom stereocenters. The minimum absolute atomic E-state index is 0.0246. The van der Waals surface area contributed by atoms with E-state index in [-0.39, 0.29) is 16.3 Å². The molecule has 0 radical (unpaired) electrons. The Labute approximate surface area is 121 Å². The van der Waals surface area contributed by atoms with E-state index in [1.807, 2.05) is 6.92 Å². The number of hydrogen-bond acceptors (Lipinski definition) is 4. The van der Waals surface area contributed by atoms with Crippen LogP contribution in [0.1, 0.15) is 18.3 Å². The first-order chi connectivity index (χ1) is 9.83. The van der Waals surface area contributed by atoms with Crippen LogP contribution in [0.5, 0.6) is 0 Å². The summed E-state index contributed by atoms with van der Waals surface area (Å²) in [4.78, 5) is 6.58. The highest BCUT2D eigenvalue weighted by Gasteiger charge is 2.19. The molecule has 7 nitrogen and oxygen atoms in total. The third-order valence-corrected chi connectivity index (χ3v) is 4.02. The number of hydrogen-bond donors (Lipinski definition) is 4. The van der Waals surface area contributed by atoms with Gasteiger partial charge < -0.3 is 10.7 Å². The molecule has 0 bridgehead atoms. The average molecular weight is 311 g/mol. The SMILES string of the molecule is CCc1ncc(S(=O)(=O)Nc2ccc(F)cc2C(=N)N)[nH]1. The van der Waals surface area contributed by atoms with E-state index in [4.69, 9.17) is 11.1 Å². The number of anilines is 1. The number of nitrogens with one attached hydrogen (secondary N) is 3. The number of amidine groups is 1. The van der Waals surface area contributed by atoms with Gasteiger partial charge in [-0.2, -0.15) is 8.42 Å². The fourth-order valence-electron chi connectivity index (χ4n) is 1.69. The number of nitrogens with two attached hydrogens (primary N) is 1. The maximum absolute atomic E-state index is 13.2. The highest BCUT2D eigenvalue weighted by Crippen LogP contribution is 2.20. The van der Waals surface area contributed by atoms with Gasteiger partial charge in [-0.1, -0.05) is 6.92 Å². The van der Waals surface area contributed by atoms with Crippen LogP contribution in [-0.4, -0.2) is 24.2 Å². The van der Waals surface area contributed by atoms with Crippen LogP contribution in [0.4, 0.5) is 10.1 Å². The summed E-state index contributed by atoms with van der Waals surface area (Å²) in [6.45, 7) is 1.83. The Kier molecular flexibility index (Phi) is 3.94. The first-order valence-corrected chi connectivity index (χ1v) is 7.52. The van der Waals surface area contributed by atoms with Gasteiger partial charge in [0.15, 0.2) is 5.03 Å². The number of aryl methyl sites for hydroxylation is 1. The van der Waals surface area contributed by atoms with Gasteiger partial charge in [0.25, 0.3) is 10.0 Å². The Morgan fingerprint density at radius 1 is 1.52 bits per heavy atom. The van der Waals surface area contributed by atoms with Crippen LogP contribution in [0.2, 0.25) is 0 Å². The number of rotatable bonds is 5. The third kappa shape index (κ3) is 3.19. The fraction of sp³-hybridized carbons (Fsp3) is 0.167. The van der Waals surface area contributed by atoms with Crippen LogP contribution in [0.25, 0.3) is 0 Å². The Hall–Kier alpha value is -2.42. The molecule has 0 saturated heterocycles. The second kappa shape index (κ2) is 5.52. The Bertz CT molecular complexity index is 785. The lowest BCUT2D eigenvalue weighted by atomic mass is 10.1. The molecule has 1 aromatic carbocycles. The summed E-state index contributed by atoms with van der Waals surface area (Å²) in [6.07, 6.45) is 1.75. The van der Waals surface area contributed by atoms with Crippen molar-refractivity contribution in [2.75, 3.05) is 4.72 Å². The fourth-order valence-corrected chi connectivity index (χ4v) is 2.71. The second-order valence-corrected chi connectivity index (χ2v) is 5.91. The van der Waals surface area contributed by atoms with Crippen molar-refractivity contribution in [3.05, 3.63) is 41.6 Å². The third-order valence-electron chi connectivity index (χ3n) is 2.75. The van der Waals surface area contributed by atoms with Gasteiger partial charge in [-0.05, 0) is 18.2 Å². The number of imidazole rings is 1. The van der Waals surface area contributed by atoms with Crippen molar-refractivity contribution in [2.24, 2.45) is 5.73 Å². The topological polar surface area (TPSA) is 125 Å². The van der Waals surface area contributed by atoms with Crippen LogP contribution < -0.4 is 10.5 Å². The highest BCUT2D eigenvalue weighted by molar-refractivity contribution is 7.92. The van der Waals surface area contributed by atoms with E-state index >= 15 is 0 Å². The molecule has 21 heavy (non-hydrogen) atoms. The molecule has 9 heteroatoms. The molecule has 112 valence electrons. The van der Waals surface area contributed by atoms with Crippen LogP contribution >= 0.6 is 0 Å². The van der Waals surface area contributed by atoms with Gasteiger partial charge in [-0.3, -0.25) is 10.1 Å². The lowest BCUT2D eigenvalue weighted by molar-refractivity contribution is 0.597. The quantitative estimate of drug-likeness (QED) is 0.489. The van der Waals surface area contributed by atoms with E-state index in [1.165, 1.54) is 12.3 Å². The van der Waals surface area contributed by atoms with Crippen LogP contribution in [0.3, 0.4) is 0 Å². The lowest BCUT2D eigenvalue weighted by Gasteiger charge is -2.10. The second-order valence-electron chi connectivity index (χ2n) is 4.26. The summed E-state index contributed by atoms with van der Waals surface area (Å²) in [5, 5.41) is 7.26. The first-order valence-electron chi connectivity index (χ1n) is 6.04. The molecular weight excluding hydrogens is 297 g/mol. The van der Waals surface area contributed by atoms with E-state index in [0.29, 0.717) is 12.2 Å². The van der Waals surface area contributed by atoms with Crippen LogP contribution in [0.15, 0.2) is 29.4 Å². The zero-order valence-electron chi connectivity index (χ0n) is 11.1. The zero-order chi connectivity index (χ0) is 15.6. The molecule has 0 unspecified atom stereocenters. The molecule has 0 fully saturated rings. The van der Waals surface area contributed by atoms with Crippen LogP contribution in [-0.2, 0) is 16.4 Å². The minimum Gasteiger partial charge on any atom is -0.384 e. The molecule has 0 aliphatic rings. The van der Waals surface area contributed by atoms with Gasteiger partial charge in [0.1, 0.15) is 17.5 Å². The van der Waals surface area contributed by atoms with Gasteiger partial charge in [0.05, 0.1) is 11.9 Å². The summed E-state index contributed by atoms with van der Waals surface area (Å²) >= 11 is 0. The predicted octanol–water partition coefficient (Wildman–Crippen LogP) is 1.20. The van der Waals surface area contributed by atoms with E-state index in [1.54, 1.807) is 0 Å². The van der Waals surface area contributed by atoms with Crippen LogP contribution in [0, 0.1) is 11.2 Å². The van der Waals surface area contributed by atoms with E-state index in [0.717, 1.165) is 12.1 Å². The molecule has 0 spiro atoms. The summed E-state index contributed by atoms with van der Waals surface area (Å²) in [5.74, 6) is -0.523. The van der Waals surface area contributed by atoms with Gasteiger partial charge in [-0.15, -0.1) is 0 Å². The van der Waals surface area contributed by atoms with Gasteiger partial charge in [0, 0.05) is 12.0 Å². The lowest BCUT2D eigenvalue weighted by Crippen LogP contribution is -2.19. The minimum atomic E-state index is -3.91. The van der Waals surface area contributed by atoms with Gasteiger partial charge >= 0.3 is 0 Å². The zero-order valence-corrected chi connectivity index (χ0v) is 12.0. The van der Waals surface area contributed by atoms with Crippen molar-refractivity contribution in [1.29, 1.82) is 5.41 Å². The first kappa shape index (κ1) is 15.0. The summed E-state index contributed by atoms with van der Waals surface area (Å²) in [7, 11) is -3.91. The molecule has 0 aliphatic heterocycles. The maximum Gasteiger partial charge on any atom is 0.279 e. The highest BCUT2D eigenvalue weighted by atomic mass is 32.2. The molecule has 2 aromatic rings. The van der Waals surface area contributed by atoms with E-state index in [9.17, 15) is 12.8 Å². The molecule has 0 aliphatic carbocycles. The molecule has 1 aromatic heterocycles. The number of benzene rings is 1. The molecule has 0 saturated carbocycles. The summed E-state index contributed by atoms with van der Waals surface area (Å²) in [5.41, 5.74) is 5.32. The molecule has 5 N–H and O–H groups in total. The molecule has 0 amide bonds. The molecular formula is C12H14FN5O2S. The summed E-state index contributed by atoms with van der Waals surface area (Å²) in [6, 6.07) is 3.28. The van der Waals surface area contributed by atoms with Crippen molar-refractivity contribution in [1.82, 2.24) is 9.97 Å². The summed E-state index contributed by atoms with van der Waals surface area (Å²) < 4.78 is 39.8. The van der Waals surface area contributed by atoms with Crippen molar-refractivity contribution in [3.63, 3.8) is 0 Å². The number of aromatic amines is 1. The number of nitrogens with zero attached hydrogens (tertiary/aromatic N) is 1. The molecule has 1 heterocycles. The largest absolute Gasteiger partial charge is 0.384 e. The Morgan fingerprint density at radius 3 is 2.81 bits per heavy atom. The van der Waals surface area contributed by atoms with Gasteiger partial charge in [0.2, 0.25) is 0 Å². The number of H-pyrrole nitrogens is 1. The normalized spacial score (nSPS) is 11.3. The Balaban J connectivity index is 2.39. The number of aromatic nitrogens is 2. The van der Waals surface area contributed by atoms with Crippen molar-refractivity contribution in [3.8, 4) is 0 Å². The molecule has 2 rings (SSSR count). The van der Waals surface area contributed by atoms with Crippen molar-refractivity contribution < 1.29 is 12.8 Å². The van der Waals surface area contributed by atoms with Crippen molar-refractivity contribution in [2.45, 2.75) is 18.4 Å². The predicted molar refractivity (Wildman–Crippen MR) is 76.2 cm³/mol. The van der Waals surface area contributed by atoms with Gasteiger partial charge in [-0.25, -0.2) is 9.37 Å². The van der Waals surface area contributed by atoms with Crippen molar-refractivity contribution >= 4 is 21.5 Å². The Morgan fingerprint density at radius 2 is 2.24 bits per heavy atom. The van der Waals surface area contributed by atoms with E-state index < -0.39 is 21.7 Å². The monoisotopic (exact) mass is 311 g/mol. The average Bonchev–Trinajstić information content (AvgIpc) is 2.90. The smallest absolute Gasteiger partial charge is 0.279 e.